The summed E-state index contributed by atoms with van der Waals surface area (Å²) in [5, 5.41) is 2.96. The van der Waals surface area contributed by atoms with Crippen LogP contribution in [0.25, 0.3) is 0 Å². The number of piperazine rings is 1. The lowest BCUT2D eigenvalue weighted by molar-refractivity contribution is -0.132. The summed E-state index contributed by atoms with van der Waals surface area (Å²) in [6.07, 6.45) is 1.99. The standard InChI is InChI=1S/C13H19N3O3.ClH/c1-14-5-4-12(17)15-6-8-16(9-7-15)13(18)11-3-2-10-19-11;/h2-3,10,14H,4-9H2,1H3;1H. The van der Waals surface area contributed by atoms with Crippen LogP contribution in [0.3, 0.4) is 0 Å². The molecule has 0 saturated carbocycles. The first-order valence-electron chi connectivity index (χ1n) is 6.47. The minimum atomic E-state index is -0.104. The Kier molecular flexibility index (Phi) is 6.54. The fourth-order valence-electron chi connectivity index (χ4n) is 2.11. The molecule has 0 radical (unpaired) electrons. The van der Waals surface area contributed by atoms with Crippen LogP contribution in [0.2, 0.25) is 0 Å². The third-order valence-electron chi connectivity index (χ3n) is 3.24. The maximum atomic E-state index is 12.0. The highest BCUT2D eigenvalue weighted by atomic mass is 35.5. The van der Waals surface area contributed by atoms with Crippen LogP contribution in [0.4, 0.5) is 0 Å². The molecule has 1 aromatic heterocycles. The van der Waals surface area contributed by atoms with E-state index in [9.17, 15) is 9.59 Å². The van der Waals surface area contributed by atoms with E-state index in [1.54, 1.807) is 17.0 Å². The quantitative estimate of drug-likeness (QED) is 0.884. The van der Waals surface area contributed by atoms with Crippen molar-refractivity contribution in [2.24, 2.45) is 0 Å². The molecule has 0 aliphatic carbocycles. The zero-order chi connectivity index (χ0) is 13.7. The van der Waals surface area contributed by atoms with Crippen LogP contribution in [0.15, 0.2) is 22.8 Å². The van der Waals surface area contributed by atoms with Crippen LogP contribution in [-0.2, 0) is 4.79 Å². The number of hydrogen-bond acceptors (Lipinski definition) is 4. The largest absolute Gasteiger partial charge is 0.459 e. The number of nitrogens with one attached hydrogen (secondary N) is 1. The van der Waals surface area contributed by atoms with Crippen LogP contribution in [0, 0.1) is 0 Å². The van der Waals surface area contributed by atoms with Gasteiger partial charge in [-0.3, -0.25) is 9.59 Å². The zero-order valence-electron chi connectivity index (χ0n) is 11.5. The van der Waals surface area contributed by atoms with Gasteiger partial charge >= 0.3 is 0 Å². The van der Waals surface area contributed by atoms with E-state index >= 15 is 0 Å². The highest BCUT2D eigenvalue weighted by molar-refractivity contribution is 5.91. The summed E-state index contributed by atoms with van der Waals surface area (Å²) in [6.45, 7) is 2.99. The molecule has 20 heavy (non-hydrogen) atoms. The minimum Gasteiger partial charge on any atom is -0.459 e. The topological polar surface area (TPSA) is 65.8 Å². The lowest BCUT2D eigenvalue weighted by Crippen LogP contribution is -2.50. The van der Waals surface area contributed by atoms with Crippen LogP contribution in [0.5, 0.6) is 0 Å². The molecule has 1 fully saturated rings. The Morgan fingerprint density at radius 2 is 1.90 bits per heavy atom. The first kappa shape index (κ1) is 16.5. The molecule has 1 N–H and O–H groups in total. The number of hydrogen-bond donors (Lipinski definition) is 1. The van der Waals surface area contributed by atoms with Crippen molar-refractivity contribution < 1.29 is 14.0 Å². The highest BCUT2D eigenvalue weighted by Gasteiger charge is 2.25. The molecule has 7 heteroatoms. The van der Waals surface area contributed by atoms with E-state index in [1.807, 2.05) is 11.9 Å². The van der Waals surface area contributed by atoms with Gasteiger partial charge < -0.3 is 19.5 Å². The van der Waals surface area contributed by atoms with Crippen LogP contribution < -0.4 is 5.32 Å². The van der Waals surface area contributed by atoms with E-state index in [0.29, 0.717) is 44.9 Å². The molecule has 1 aromatic rings. The lowest BCUT2D eigenvalue weighted by Gasteiger charge is -2.34. The Morgan fingerprint density at radius 3 is 2.45 bits per heavy atom. The van der Waals surface area contributed by atoms with E-state index in [1.165, 1.54) is 6.26 Å². The average molecular weight is 302 g/mol. The van der Waals surface area contributed by atoms with Crippen molar-refractivity contribution in [3.05, 3.63) is 24.2 Å². The molecule has 112 valence electrons. The molecule has 2 heterocycles. The van der Waals surface area contributed by atoms with Gasteiger partial charge in [0, 0.05) is 39.1 Å². The molecule has 2 amide bonds. The van der Waals surface area contributed by atoms with E-state index in [2.05, 4.69) is 5.32 Å². The third-order valence-corrected chi connectivity index (χ3v) is 3.24. The van der Waals surface area contributed by atoms with Crippen LogP contribution in [-0.4, -0.2) is 61.4 Å². The van der Waals surface area contributed by atoms with Gasteiger partial charge in [0.1, 0.15) is 0 Å². The number of rotatable bonds is 4. The molecule has 0 unspecified atom stereocenters. The molecule has 1 aliphatic heterocycles. The van der Waals surface area contributed by atoms with Crippen molar-refractivity contribution >= 4 is 24.2 Å². The number of nitrogens with zero attached hydrogens (tertiary/aromatic N) is 2. The van der Waals surface area contributed by atoms with Crippen molar-refractivity contribution in [1.29, 1.82) is 0 Å². The van der Waals surface area contributed by atoms with E-state index in [-0.39, 0.29) is 24.2 Å². The summed E-state index contributed by atoms with van der Waals surface area (Å²) >= 11 is 0. The Bertz CT molecular complexity index is 428. The monoisotopic (exact) mass is 301 g/mol. The molecule has 0 aromatic carbocycles. The van der Waals surface area contributed by atoms with Gasteiger partial charge in [0.15, 0.2) is 5.76 Å². The third kappa shape index (κ3) is 3.98. The maximum Gasteiger partial charge on any atom is 0.289 e. The van der Waals surface area contributed by atoms with Crippen LogP contribution >= 0.6 is 12.4 Å². The highest BCUT2D eigenvalue weighted by Crippen LogP contribution is 2.09. The molecule has 1 aliphatic rings. The van der Waals surface area contributed by atoms with E-state index in [4.69, 9.17) is 4.42 Å². The average Bonchev–Trinajstić information content (AvgIpc) is 2.98. The molecule has 2 rings (SSSR count). The molecule has 0 spiro atoms. The normalized spacial score (nSPS) is 14.8. The van der Waals surface area contributed by atoms with Crippen molar-refractivity contribution in [3.63, 3.8) is 0 Å². The second-order valence-corrected chi connectivity index (χ2v) is 4.50. The second kappa shape index (κ2) is 7.91. The molecule has 6 nitrogen and oxygen atoms in total. The first-order valence-corrected chi connectivity index (χ1v) is 6.47. The van der Waals surface area contributed by atoms with Crippen LogP contribution in [0.1, 0.15) is 17.0 Å². The fraction of sp³-hybridized carbons (Fsp3) is 0.538. The Labute approximate surface area is 124 Å². The number of furan rings is 1. The van der Waals surface area contributed by atoms with Crippen molar-refractivity contribution in [2.75, 3.05) is 39.8 Å². The predicted molar refractivity (Wildman–Crippen MR) is 77.0 cm³/mol. The minimum absolute atomic E-state index is 0. The predicted octanol–water partition coefficient (Wildman–Crippen LogP) is 0.595. The van der Waals surface area contributed by atoms with Gasteiger partial charge in [-0.05, 0) is 19.2 Å². The smallest absolute Gasteiger partial charge is 0.289 e. The Morgan fingerprint density at radius 1 is 1.25 bits per heavy atom. The fourth-order valence-corrected chi connectivity index (χ4v) is 2.11. The zero-order valence-corrected chi connectivity index (χ0v) is 12.3. The Hall–Kier alpha value is -1.53. The molecule has 1 saturated heterocycles. The van der Waals surface area contributed by atoms with Crippen molar-refractivity contribution in [3.8, 4) is 0 Å². The second-order valence-electron chi connectivity index (χ2n) is 4.50. The summed E-state index contributed by atoms with van der Waals surface area (Å²) in [6, 6.07) is 3.36. The van der Waals surface area contributed by atoms with Gasteiger partial charge in [-0.1, -0.05) is 0 Å². The number of carbonyl (C=O) groups is 2. The Balaban J connectivity index is 0.00000200. The molecular weight excluding hydrogens is 282 g/mol. The van der Waals surface area contributed by atoms with E-state index < -0.39 is 0 Å². The number of amides is 2. The summed E-state index contributed by atoms with van der Waals surface area (Å²) in [5.74, 6) is 0.390. The molecular formula is C13H20ClN3O3. The van der Waals surface area contributed by atoms with Gasteiger partial charge in [-0.25, -0.2) is 0 Å². The van der Waals surface area contributed by atoms with Gasteiger partial charge in [-0.2, -0.15) is 0 Å². The summed E-state index contributed by atoms with van der Waals surface area (Å²) in [4.78, 5) is 27.4. The van der Waals surface area contributed by atoms with Gasteiger partial charge in [0.05, 0.1) is 6.26 Å². The van der Waals surface area contributed by atoms with Gasteiger partial charge in [-0.15, -0.1) is 12.4 Å². The number of carbonyl (C=O) groups excluding carboxylic acids is 2. The van der Waals surface area contributed by atoms with Crippen molar-refractivity contribution in [2.45, 2.75) is 6.42 Å². The molecule has 0 atom stereocenters. The van der Waals surface area contributed by atoms with Gasteiger partial charge in [0.2, 0.25) is 5.91 Å². The lowest BCUT2D eigenvalue weighted by atomic mass is 10.2. The number of halogens is 1. The summed E-state index contributed by atoms with van der Waals surface area (Å²) < 4.78 is 5.10. The maximum absolute atomic E-state index is 12.0. The molecule has 0 bridgehead atoms. The SMILES string of the molecule is CNCCC(=O)N1CCN(C(=O)c2ccco2)CC1.Cl. The van der Waals surface area contributed by atoms with E-state index in [0.717, 1.165) is 0 Å². The van der Waals surface area contributed by atoms with Crippen molar-refractivity contribution in [1.82, 2.24) is 15.1 Å². The summed E-state index contributed by atoms with van der Waals surface area (Å²) in [5.41, 5.74) is 0. The van der Waals surface area contributed by atoms with Gasteiger partial charge in [0.25, 0.3) is 5.91 Å². The summed E-state index contributed by atoms with van der Waals surface area (Å²) in [7, 11) is 1.83. The first-order chi connectivity index (χ1) is 9.22.